The van der Waals surface area contributed by atoms with Crippen molar-refractivity contribution in [1.29, 1.82) is 0 Å². The molecule has 0 aliphatic heterocycles. The molecule has 0 aromatic carbocycles. The minimum Gasteiger partial charge on any atom is -0.350 e. The molecule has 0 saturated heterocycles. The molecule has 2 heterocycles. The number of thiazole rings is 1. The van der Waals surface area contributed by atoms with Crippen LogP contribution in [0.15, 0.2) is 29.4 Å². The van der Waals surface area contributed by atoms with Crippen LogP contribution in [0.5, 0.6) is 0 Å². The Kier molecular flexibility index (Phi) is 5.99. The first-order chi connectivity index (χ1) is 12.1. The molecule has 2 aromatic heterocycles. The lowest BCUT2D eigenvalue weighted by molar-refractivity contribution is 0.0900. The SMILES string of the molecule is O=C(N[C@H]1CCC[C@@H](CNC(=O)c2cscn2)C1)c1cncc(Cl)c1. The molecule has 25 heavy (non-hydrogen) atoms. The summed E-state index contributed by atoms with van der Waals surface area (Å²) in [5.41, 5.74) is 2.57. The van der Waals surface area contributed by atoms with Crippen molar-refractivity contribution in [2.45, 2.75) is 31.7 Å². The van der Waals surface area contributed by atoms with Crippen molar-refractivity contribution >= 4 is 34.8 Å². The molecule has 3 rings (SSSR count). The first kappa shape index (κ1) is 17.8. The van der Waals surface area contributed by atoms with Crippen molar-refractivity contribution in [1.82, 2.24) is 20.6 Å². The van der Waals surface area contributed by atoms with E-state index in [9.17, 15) is 9.59 Å². The number of rotatable bonds is 5. The summed E-state index contributed by atoms with van der Waals surface area (Å²) in [5, 5.41) is 8.16. The Hall–Kier alpha value is -1.99. The molecule has 1 aliphatic carbocycles. The molecule has 1 fully saturated rings. The van der Waals surface area contributed by atoms with E-state index in [4.69, 9.17) is 11.6 Å². The molecule has 1 saturated carbocycles. The highest BCUT2D eigenvalue weighted by molar-refractivity contribution is 7.07. The maximum Gasteiger partial charge on any atom is 0.270 e. The number of nitrogens with zero attached hydrogens (tertiary/aromatic N) is 2. The van der Waals surface area contributed by atoms with Crippen LogP contribution in [-0.2, 0) is 0 Å². The summed E-state index contributed by atoms with van der Waals surface area (Å²) in [6.07, 6.45) is 6.86. The summed E-state index contributed by atoms with van der Waals surface area (Å²) < 4.78 is 0. The topological polar surface area (TPSA) is 84.0 Å². The zero-order chi connectivity index (χ0) is 17.6. The second kappa shape index (κ2) is 8.40. The van der Waals surface area contributed by atoms with Crippen molar-refractivity contribution in [3.05, 3.63) is 45.6 Å². The van der Waals surface area contributed by atoms with Gasteiger partial charge in [0, 0.05) is 30.4 Å². The summed E-state index contributed by atoms with van der Waals surface area (Å²) in [6, 6.07) is 1.71. The zero-order valence-electron chi connectivity index (χ0n) is 13.6. The molecule has 0 spiro atoms. The largest absolute Gasteiger partial charge is 0.350 e. The maximum absolute atomic E-state index is 12.3. The Morgan fingerprint density at radius 2 is 2.16 bits per heavy atom. The van der Waals surface area contributed by atoms with Crippen LogP contribution in [0.25, 0.3) is 0 Å². The Bertz CT molecular complexity index is 738. The standard InChI is InChI=1S/C17H19ClN4O2S/c18-13-5-12(7-19-8-13)16(23)22-14-3-1-2-11(4-14)6-20-17(24)15-9-25-10-21-15/h5,7-11,14H,1-4,6H2,(H,20,24)(H,22,23)/t11-,14+/m1/s1. The first-order valence-electron chi connectivity index (χ1n) is 8.19. The normalized spacial score (nSPS) is 20.0. The number of nitrogens with one attached hydrogen (secondary N) is 2. The Labute approximate surface area is 155 Å². The van der Waals surface area contributed by atoms with Gasteiger partial charge in [0.15, 0.2) is 0 Å². The molecule has 0 bridgehead atoms. The van der Waals surface area contributed by atoms with Gasteiger partial charge in [0.05, 0.1) is 16.1 Å². The van der Waals surface area contributed by atoms with Crippen molar-refractivity contribution in [3.63, 3.8) is 0 Å². The summed E-state index contributed by atoms with van der Waals surface area (Å²) in [7, 11) is 0. The van der Waals surface area contributed by atoms with E-state index in [2.05, 4.69) is 20.6 Å². The van der Waals surface area contributed by atoms with E-state index < -0.39 is 0 Å². The third kappa shape index (κ3) is 4.99. The van der Waals surface area contributed by atoms with Gasteiger partial charge in [0.1, 0.15) is 5.69 Å². The van der Waals surface area contributed by atoms with Crippen LogP contribution >= 0.6 is 22.9 Å². The lowest BCUT2D eigenvalue weighted by Gasteiger charge is -2.29. The summed E-state index contributed by atoms with van der Waals surface area (Å²) in [6.45, 7) is 0.599. The minimum absolute atomic E-state index is 0.0985. The quantitative estimate of drug-likeness (QED) is 0.837. The maximum atomic E-state index is 12.3. The van der Waals surface area contributed by atoms with E-state index >= 15 is 0 Å². The lowest BCUT2D eigenvalue weighted by atomic mass is 9.85. The highest BCUT2D eigenvalue weighted by atomic mass is 35.5. The second-order valence-corrected chi connectivity index (χ2v) is 7.33. The summed E-state index contributed by atoms with van der Waals surface area (Å²) in [4.78, 5) is 32.2. The van der Waals surface area contributed by atoms with Gasteiger partial charge in [-0.05, 0) is 31.2 Å². The third-order valence-electron chi connectivity index (χ3n) is 4.30. The van der Waals surface area contributed by atoms with Crippen LogP contribution in [0.2, 0.25) is 5.02 Å². The number of carbonyl (C=O) groups is 2. The van der Waals surface area contributed by atoms with Crippen LogP contribution in [0.1, 0.15) is 46.5 Å². The smallest absolute Gasteiger partial charge is 0.270 e. The first-order valence-corrected chi connectivity index (χ1v) is 9.51. The van der Waals surface area contributed by atoms with E-state index in [0.717, 1.165) is 25.7 Å². The van der Waals surface area contributed by atoms with Crippen molar-refractivity contribution in [2.24, 2.45) is 5.92 Å². The molecular weight excluding hydrogens is 360 g/mol. The van der Waals surface area contributed by atoms with Crippen LogP contribution < -0.4 is 10.6 Å². The van der Waals surface area contributed by atoms with Crippen LogP contribution in [0.3, 0.4) is 0 Å². The molecule has 1 aliphatic rings. The number of pyridine rings is 1. The van der Waals surface area contributed by atoms with E-state index in [1.165, 1.54) is 23.7 Å². The van der Waals surface area contributed by atoms with Crippen molar-refractivity contribution in [2.75, 3.05) is 6.54 Å². The highest BCUT2D eigenvalue weighted by Gasteiger charge is 2.24. The van der Waals surface area contributed by atoms with Crippen molar-refractivity contribution < 1.29 is 9.59 Å². The summed E-state index contributed by atoms with van der Waals surface area (Å²) >= 11 is 7.28. The number of aromatic nitrogens is 2. The van der Waals surface area contributed by atoms with Gasteiger partial charge in [-0.3, -0.25) is 14.6 Å². The molecule has 2 N–H and O–H groups in total. The van der Waals surface area contributed by atoms with Gasteiger partial charge in [-0.15, -0.1) is 11.3 Å². The number of hydrogen-bond acceptors (Lipinski definition) is 5. The number of halogens is 1. The molecule has 0 unspecified atom stereocenters. The van der Waals surface area contributed by atoms with Gasteiger partial charge in [-0.2, -0.15) is 0 Å². The molecular formula is C17H19ClN4O2S. The molecule has 8 heteroatoms. The van der Waals surface area contributed by atoms with Gasteiger partial charge < -0.3 is 10.6 Å². The fourth-order valence-electron chi connectivity index (χ4n) is 3.06. The Morgan fingerprint density at radius 1 is 1.28 bits per heavy atom. The Morgan fingerprint density at radius 3 is 2.92 bits per heavy atom. The molecule has 0 radical (unpaired) electrons. The average Bonchev–Trinajstić information content (AvgIpc) is 3.15. The van der Waals surface area contributed by atoms with Crippen molar-refractivity contribution in [3.8, 4) is 0 Å². The predicted molar refractivity (Wildman–Crippen MR) is 96.9 cm³/mol. The van der Waals surface area contributed by atoms with Gasteiger partial charge in [-0.25, -0.2) is 4.98 Å². The van der Waals surface area contributed by atoms with E-state index in [1.54, 1.807) is 17.0 Å². The molecule has 2 aromatic rings. The van der Waals surface area contributed by atoms with E-state index in [-0.39, 0.29) is 17.9 Å². The summed E-state index contributed by atoms with van der Waals surface area (Å²) in [5.74, 6) is 0.0451. The predicted octanol–water partition coefficient (Wildman–Crippen LogP) is 2.91. The van der Waals surface area contributed by atoms with Gasteiger partial charge >= 0.3 is 0 Å². The number of carbonyl (C=O) groups excluding carboxylic acids is 2. The molecule has 2 amide bonds. The van der Waals surface area contributed by atoms with Gasteiger partial charge in [-0.1, -0.05) is 18.0 Å². The van der Waals surface area contributed by atoms with Gasteiger partial charge in [0.25, 0.3) is 11.8 Å². The van der Waals surface area contributed by atoms with Gasteiger partial charge in [0.2, 0.25) is 0 Å². The van der Waals surface area contributed by atoms with Crippen LogP contribution in [0, 0.1) is 5.92 Å². The van der Waals surface area contributed by atoms with E-state index in [0.29, 0.717) is 28.7 Å². The van der Waals surface area contributed by atoms with Crippen LogP contribution in [-0.4, -0.2) is 34.4 Å². The minimum atomic E-state index is -0.160. The molecule has 132 valence electrons. The fraction of sp³-hybridized carbons (Fsp3) is 0.412. The second-order valence-electron chi connectivity index (χ2n) is 6.18. The molecule has 2 atom stereocenters. The third-order valence-corrected chi connectivity index (χ3v) is 5.09. The fourth-order valence-corrected chi connectivity index (χ4v) is 3.77. The van der Waals surface area contributed by atoms with E-state index in [1.807, 2.05) is 0 Å². The highest BCUT2D eigenvalue weighted by Crippen LogP contribution is 2.24. The average molecular weight is 379 g/mol. The number of amides is 2. The zero-order valence-corrected chi connectivity index (χ0v) is 15.1. The van der Waals surface area contributed by atoms with Crippen LogP contribution in [0.4, 0.5) is 0 Å². The monoisotopic (exact) mass is 378 g/mol. The molecule has 6 nitrogen and oxygen atoms in total. The number of hydrogen-bond donors (Lipinski definition) is 2. The Balaban J connectivity index is 1.49. The lowest BCUT2D eigenvalue weighted by Crippen LogP contribution is -2.41.